The summed E-state index contributed by atoms with van der Waals surface area (Å²) in [6, 6.07) is 6.12. The number of benzene rings is 1. The van der Waals surface area contributed by atoms with Crippen molar-refractivity contribution >= 4 is 5.96 Å². The zero-order chi connectivity index (χ0) is 14.4. The molecule has 1 atom stereocenters. The number of piperidine rings is 1. The van der Waals surface area contributed by atoms with Gasteiger partial charge in [-0.05, 0) is 38.3 Å². The summed E-state index contributed by atoms with van der Waals surface area (Å²) in [5.41, 5.74) is 5.97. The molecule has 0 radical (unpaired) electrons. The van der Waals surface area contributed by atoms with Crippen LogP contribution in [0.1, 0.15) is 26.2 Å². The molecule has 0 spiro atoms. The first-order chi connectivity index (χ1) is 9.65. The van der Waals surface area contributed by atoms with Gasteiger partial charge in [0.15, 0.2) is 5.96 Å². The van der Waals surface area contributed by atoms with E-state index in [1.165, 1.54) is 31.4 Å². The molecule has 2 N–H and O–H groups in total. The highest BCUT2D eigenvalue weighted by molar-refractivity contribution is 5.78. The molecule has 1 saturated heterocycles. The van der Waals surface area contributed by atoms with E-state index in [0.29, 0.717) is 18.3 Å². The lowest BCUT2D eigenvalue weighted by Crippen LogP contribution is -2.41. The summed E-state index contributed by atoms with van der Waals surface area (Å²) < 4.78 is 18.7. The molecule has 2 rings (SSSR count). The van der Waals surface area contributed by atoms with E-state index in [-0.39, 0.29) is 11.9 Å². The fraction of sp³-hybridized carbons (Fsp3) is 0.533. The molecule has 0 bridgehead atoms. The van der Waals surface area contributed by atoms with Crippen LogP contribution in [0.2, 0.25) is 0 Å². The van der Waals surface area contributed by atoms with E-state index in [9.17, 15) is 4.39 Å². The van der Waals surface area contributed by atoms with Crippen molar-refractivity contribution in [1.82, 2.24) is 4.90 Å². The second-order valence-corrected chi connectivity index (χ2v) is 5.13. The fourth-order valence-electron chi connectivity index (χ4n) is 2.25. The summed E-state index contributed by atoms with van der Waals surface area (Å²) in [5.74, 6) is 0.801. The summed E-state index contributed by atoms with van der Waals surface area (Å²) in [4.78, 5) is 6.48. The first-order valence-corrected chi connectivity index (χ1v) is 7.12. The molecule has 0 saturated carbocycles. The Balaban J connectivity index is 1.83. The van der Waals surface area contributed by atoms with E-state index in [0.717, 1.165) is 13.1 Å². The van der Waals surface area contributed by atoms with Crippen molar-refractivity contribution in [2.45, 2.75) is 32.3 Å². The van der Waals surface area contributed by atoms with Crippen molar-refractivity contribution in [1.29, 1.82) is 0 Å². The van der Waals surface area contributed by atoms with Crippen LogP contribution in [0.3, 0.4) is 0 Å². The van der Waals surface area contributed by atoms with E-state index in [4.69, 9.17) is 10.5 Å². The van der Waals surface area contributed by atoms with E-state index >= 15 is 0 Å². The minimum atomic E-state index is -0.300. The first-order valence-electron chi connectivity index (χ1n) is 7.12. The molecule has 4 nitrogen and oxygen atoms in total. The number of rotatable bonds is 4. The number of likely N-dealkylation sites (tertiary alicyclic amines) is 1. The largest absolute Gasteiger partial charge is 0.489 e. The third kappa shape index (κ3) is 4.40. The number of aliphatic imine (C=N–C) groups is 1. The van der Waals surface area contributed by atoms with Crippen molar-refractivity contribution in [3.63, 3.8) is 0 Å². The van der Waals surface area contributed by atoms with Gasteiger partial charge in [0.05, 0.1) is 6.54 Å². The van der Waals surface area contributed by atoms with E-state index in [1.807, 2.05) is 6.92 Å². The lowest BCUT2D eigenvalue weighted by molar-refractivity contribution is 0.228. The maximum Gasteiger partial charge on any atom is 0.191 e. The van der Waals surface area contributed by atoms with Crippen LogP contribution in [0.4, 0.5) is 4.39 Å². The van der Waals surface area contributed by atoms with Gasteiger partial charge in [0.2, 0.25) is 0 Å². The predicted octanol–water partition coefficient (Wildman–Crippen LogP) is 2.39. The standard InChI is InChI=1S/C15H22FN3O/c1-12(20-14-7-5-6-13(16)10-14)11-18-15(17)19-8-3-2-4-9-19/h5-7,10,12H,2-4,8-9,11H2,1H3,(H2,17,18). The lowest BCUT2D eigenvalue weighted by atomic mass is 10.1. The first kappa shape index (κ1) is 14.6. The second-order valence-electron chi connectivity index (χ2n) is 5.13. The van der Waals surface area contributed by atoms with Gasteiger partial charge in [0.25, 0.3) is 0 Å². The minimum absolute atomic E-state index is 0.139. The van der Waals surface area contributed by atoms with Gasteiger partial charge in [-0.15, -0.1) is 0 Å². The Morgan fingerprint density at radius 3 is 2.85 bits per heavy atom. The number of nitrogens with two attached hydrogens (primary N) is 1. The normalized spacial score (nSPS) is 17.9. The third-order valence-electron chi connectivity index (χ3n) is 3.32. The minimum Gasteiger partial charge on any atom is -0.489 e. The third-order valence-corrected chi connectivity index (χ3v) is 3.32. The number of nitrogens with zero attached hydrogens (tertiary/aromatic N) is 2. The molecule has 5 heteroatoms. The second kappa shape index (κ2) is 7.12. The molecule has 0 aromatic heterocycles. The molecule has 1 fully saturated rings. The summed E-state index contributed by atoms with van der Waals surface area (Å²) >= 11 is 0. The van der Waals surface area contributed by atoms with Gasteiger partial charge < -0.3 is 15.4 Å². The smallest absolute Gasteiger partial charge is 0.191 e. The van der Waals surface area contributed by atoms with Gasteiger partial charge in [-0.25, -0.2) is 9.38 Å². The summed E-state index contributed by atoms with van der Waals surface area (Å²) in [6.45, 7) is 4.33. The molecule has 1 unspecified atom stereocenters. The Labute approximate surface area is 119 Å². The number of ether oxygens (including phenoxy) is 1. The average molecular weight is 279 g/mol. The molecule has 1 aliphatic heterocycles. The zero-order valence-corrected chi connectivity index (χ0v) is 11.9. The molecule has 1 heterocycles. The van der Waals surface area contributed by atoms with Crippen molar-refractivity contribution < 1.29 is 9.13 Å². The Kier molecular flexibility index (Phi) is 5.21. The number of hydrogen-bond donors (Lipinski definition) is 1. The van der Waals surface area contributed by atoms with Crippen molar-refractivity contribution in [2.75, 3.05) is 19.6 Å². The van der Waals surface area contributed by atoms with Crippen LogP contribution in [0.15, 0.2) is 29.3 Å². The molecule has 1 aliphatic rings. The highest BCUT2D eigenvalue weighted by Gasteiger charge is 2.12. The van der Waals surface area contributed by atoms with Crippen molar-refractivity contribution in [3.8, 4) is 5.75 Å². The number of halogens is 1. The lowest BCUT2D eigenvalue weighted by Gasteiger charge is -2.27. The molecular weight excluding hydrogens is 257 g/mol. The van der Waals surface area contributed by atoms with Gasteiger partial charge >= 0.3 is 0 Å². The molecule has 0 amide bonds. The monoisotopic (exact) mass is 279 g/mol. The fourth-order valence-corrected chi connectivity index (χ4v) is 2.25. The quantitative estimate of drug-likeness (QED) is 0.680. The maximum atomic E-state index is 13.0. The molecule has 20 heavy (non-hydrogen) atoms. The van der Waals surface area contributed by atoms with Crippen LogP contribution >= 0.6 is 0 Å². The molecule has 1 aromatic rings. The van der Waals surface area contributed by atoms with Crippen LogP contribution in [-0.2, 0) is 0 Å². The van der Waals surface area contributed by atoms with Gasteiger partial charge in [-0.1, -0.05) is 6.07 Å². The Hall–Kier alpha value is -1.78. The van der Waals surface area contributed by atoms with Crippen molar-refractivity contribution in [3.05, 3.63) is 30.1 Å². The van der Waals surface area contributed by atoms with Crippen LogP contribution in [0.5, 0.6) is 5.75 Å². The van der Waals surface area contributed by atoms with Crippen LogP contribution < -0.4 is 10.5 Å². The zero-order valence-electron chi connectivity index (χ0n) is 11.9. The molecule has 0 aliphatic carbocycles. The van der Waals surface area contributed by atoms with Crippen LogP contribution in [-0.4, -0.2) is 36.6 Å². The Bertz CT molecular complexity index is 458. The summed E-state index contributed by atoms with van der Waals surface area (Å²) in [6.07, 6.45) is 3.47. The van der Waals surface area contributed by atoms with E-state index in [2.05, 4.69) is 9.89 Å². The highest BCUT2D eigenvalue weighted by Crippen LogP contribution is 2.14. The summed E-state index contributed by atoms with van der Waals surface area (Å²) in [7, 11) is 0. The van der Waals surface area contributed by atoms with E-state index < -0.39 is 0 Å². The SMILES string of the molecule is CC(CN=C(N)N1CCCCC1)Oc1cccc(F)c1. The maximum absolute atomic E-state index is 13.0. The van der Waals surface area contributed by atoms with Crippen LogP contribution in [0.25, 0.3) is 0 Å². The molecule has 110 valence electrons. The van der Waals surface area contributed by atoms with Crippen LogP contribution in [0, 0.1) is 5.82 Å². The summed E-state index contributed by atoms with van der Waals surface area (Å²) in [5, 5.41) is 0. The van der Waals surface area contributed by atoms with Gasteiger partial charge in [0, 0.05) is 19.2 Å². The van der Waals surface area contributed by atoms with E-state index in [1.54, 1.807) is 12.1 Å². The number of guanidine groups is 1. The Morgan fingerprint density at radius 1 is 1.40 bits per heavy atom. The van der Waals surface area contributed by atoms with Gasteiger partial charge in [0.1, 0.15) is 17.7 Å². The highest BCUT2D eigenvalue weighted by atomic mass is 19.1. The van der Waals surface area contributed by atoms with Gasteiger partial charge in [-0.3, -0.25) is 0 Å². The predicted molar refractivity (Wildman–Crippen MR) is 78.4 cm³/mol. The Morgan fingerprint density at radius 2 is 2.15 bits per heavy atom. The molecular formula is C15H22FN3O. The van der Waals surface area contributed by atoms with Crippen molar-refractivity contribution in [2.24, 2.45) is 10.7 Å². The number of hydrogen-bond acceptors (Lipinski definition) is 2. The average Bonchev–Trinajstić information content (AvgIpc) is 2.46. The molecule has 1 aromatic carbocycles. The van der Waals surface area contributed by atoms with Gasteiger partial charge in [-0.2, -0.15) is 0 Å². The topological polar surface area (TPSA) is 50.8 Å².